The summed E-state index contributed by atoms with van der Waals surface area (Å²) in [6.45, 7) is 7.84. The molecule has 2 rings (SSSR count). The Morgan fingerprint density at radius 2 is 1.88 bits per heavy atom. The Balaban J connectivity index is 2.08. The lowest BCUT2D eigenvalue weighted by molar-refractivity contribution is 0.316. The fourth-order valence-electron chi connectivity index (χ4n) is 2.39. The van der Waals surface area contributed by atoms with Crippen molar-refractivity contribution in [3.05, 3.63) is 35.4 Å². The Kier molecular flexibility index (Phi) is 3.26. The second-order valence-corrected chi connectivity index (χ2v) is 4.92. The molecule has 1 aliphatic rings. The minimum absolute atomic E-state index is 0.772. The summed E-state index contributed by atoms with van der Waals surface area (Å²) in [6, 6.07) is 10.2. The highest BCUT2D eigenvalue weighted by atomic mass is 15.1. The smallest absolute Gasteiger partial charge is 0.0995 e. The summed E-state index contributed by atoms with van der Waals surface area (Å²) in [5, 5.41) is 9.03. The van der Waals surface area contributed by atoms with Crippen LogP contribution < -0.4 is 0 Å². The molecule has 0 aliphatic carbocycles. The lowest BCUT2D eigenvalue weighted by atomic mass is 10.0. The van der Waals surface area contributed by atoms with Crippen molar-refractivity contribution in [3.63, 3.8) is 0 Å². The fourth-order valence-corrected chi connectivity index (χ4v) is 2.39. The van der Waals surface area contributed by atoms with Gasteiger partial charge in [0, 0.05) is 19.6 Å². The normalized spacial score (nSPS) is 25.6. The first-order valence-electron chi connectivity index (χ1n) is 5.91. The van der Waals surface area contributed by atoms with Crippen LogP contribution in [0.5, 0.6) is 0 Å². The SMILES string of the molecule is CC1CN(Cc2ccccc2C#N)CC1C. The molecule has 2 heteroatoms. The number of hydrogen-bond donors (Lipinski definition) is 0. The van der Waals surface area contributed by atoms with Crippen molar-refractivity contribution < 1.29 is 0 Å². The Bertz CT molecular complexity index is 395. The highest BCUT2D eigenvalue weighted by molar-refractivity contribution is 5.37. The van der Waals surface area contributed by atoms with E-state index < -0.39 is 0 Å². The van der Waals surface area contributed by atoms with Gasteiger partial charge in [0.15, 0.2) is 0 Å². The third-order valence-corrected chi connectivity index (χ3v) is 3.60. The van der Waals surface area contributed by atoms with Crippen molar-refractivity contribution in [1.82, 2.24) is 4.90 Å². The molecule has 2 unspecified atom stereocenters. The van der Waals surface area contributed by atoms with Crippen LogP contribution in [0.1, 0.15) is 25.0 Å². The molecule has 0 spiro atoms. The zero-order valence-electron chi connectivity index (χ0n) is 9.98. The fraction of sp³-hybridized carbons (Fsp3) is 0.500. The average molecular weight is 214 g/mol. The Morgan fingerprint density at radius 3 is 2.50 bits per heavy atom. The minimum Gasteiger partial charge on any atom is -0.298 e. The summed E-state index contributed by atoms with van der Waals surface area (Å²) in [5.41, 5.74) is 1.97. The number of benzene rings is 1. The molecule has 0 saturated carbocycles. The predicted molar refractivity (Wildman–Crippen MR) is 64.8 cm³/mol. The van der Waals surface area contributed by atoms with Crippen molar-refractivity contribution in [2.45, 2.75) is 20.4 Å². The third-order valence-electron chi connectivity index (χ3n) is 3.60. The third kappa shape index (κ3) is 2.25. The van der Waals surface area contributed by atoms with Gasteiger partial charge in [0.25, 0.3) is 0 Å². The second kappa shape index (κ2) is 4.67. The lowest BCUT2D eigenvalue weighted by Crippen LogP contribution is -2.20. The van der Waals surface area contributed by atoms with Crippen molar-refractivity contribution in [3.8, 4) is 6.07 Å². The molecule has 2 nitrogen and oxygen atoms in total. The number of likely N-dealkylation sites (tertiary alicyclic amines) is 1. The van der Waals surface area contributed by atoms with E-state index in [-0.39, 0.29) is 0 Å². The summed E-state index contributed by atoms with van der Waals surface area (Å²) in [6.07, 6.45) is 0. The van der Waals surface area contributed by atoms with E-state index in [9.17, 15) is 0 Å². The molecule has 1 aromatic rings. The number of rotatable bonds is 2. The molecule has 84 valence electrons. The van der Waals surface area contributed by atoms with E-state index in [2.05, 4.69) is 30.9 Å². The van der Waals surface area contributed by atoms with Gasteiger partial charge >= 0.3 is 0 Å². The van der Waals surface area contributed by atoms with Gasteiger partial charge in [-0.05, 0) is 23.5 Å². The molecule has 1 aromatic carbocycles. The van der Waals surface area contributed by atoms with Crippen LogP contribution in [-0.2, 0) is 6.54 Å². The van der Waals surface area contributed by atoms with Crippen LogP contribution in [0.3, 0.4) is 0 Å². The van der Waals surface area contributed by atoms with Crippen LogP contribution in [0.25, 0.3) is 0 Å². The van der Waals surface area contributed by atoms with Crippen LogP contribution in [-0.4, -0.2) is 18.0 Å². The lowest BCUT2D eigenvalue weighted by Gasteiger charge is -2.16. The zero-order valence-corrected chi connectivity index (χ0v) is 9.98. The summed E-state index contributed by atoms with van der Waals surface area (Å²) in [5.74, 6) is 1.54. The van der Waals surface area contributed by atoms with E-state index in [4.69, 9.17) is 5.26 Å². The maximum atomic E-state index is 9.03. The molecule has 2 atom stereocenters. The number of nitrogens with zero attached hydrogens (tertiary/aromatic N) is 2. The molecular weight excluding hydrogens is 196 g/mol. The first-order valence-corrected chi connectivity index (χ1v) is 5.91. The first-order chi connectivity index (χ1) is 7.70. The topological polar surface area (TPSA) is 27.0 Å². The van der Waals surface area contributed by atoms with Crippen LogP contribution in [0, 0.1) is 23.2 Å². The maximum Gasteiger partial charge on any atom is 0.0995 e. The van der Waals surface area contributed by atoms with E-state index >= 15 is 0 Å². The van der Waals surface area contributed by atoms with Crippen molar-refractivity contribution in [2.75, 3.05) is 13.1 Å². The van der Waals surface area contributed by atoms with Gasteiger partial charge in [-0.3, -0.25) is 4.90 Å². The van der Waals surface area contributed by atoms with Gasteiger partial charge in [-0.15, -0.1) is 0 Å². The van der Waals surface area contributed by atoms with Crippen LogP contribution >= 0.6 is 0 Å². The van der Waals surface area contributed by atoms with Gasteiger partial charge in [-0.25, -0.2) is 0 Å². The van der Waals surface area contributed by atoms with Gasteiger partial charge in [-0.2, -0.15) is 5.26 Å². The van der Waals surface area contributed by atoms with Crippen molar-refractivity contribution in [1.29, 1.82) is 5.26 Å². The second-order valence-electron chi connectivity index (χ2n) is 4.92. The van der Waals surface area contributed by atoms with Gasteiger partial charge < -0.3 is 0 Å². The minimum atomic E-state index is 0.772. The average Bonchev–Trinajstić information content (AvgIpc) is 2.59. The molecular formula is C14H18N2. The van der Waals surface area contributed by atoms with E-state index in [1.807, 2.05) is 18.2 Å². The number of hydrogen-bond acceptors (Lipinski definition) is 2. The molecule has 1 aliphatic heterocycles. The van der Waals surface area contributed by atoms with Gasteiger partial charge in [0.1, 0.15) is 0 Å². The summed E-state index contributed by atoms with van der Waals surface area (Å²) in [4.78, 5) is 2.45. The molecule has 1 saturated heterocycles. The maximum absolute atomic E-state index is 9.03. The molecule has 0 N–H and O–H groups in total. The van der Waals surface area contributed by atoms with Gasteiger partial charge in [0.2, 0.25) is 0 Å². The largest absolute Gasteiger partial charge is 0.298 e. The van der Waals surface area contributed by atoms with Crippen molar-refractivity contribution in [2.24, 2.45) is 11.8 Å². The quantitative estimate of drug-likeness (QED) is 0.756. The predicted octanol–water partition coefficient (Wildman–Crippen LogP) is 2.65. The van der Waals surface area contributed by atoms with Gasteiger partial charge in [-0.1, -0.05) is 32.0 Å². The van der Waals surface area contributed by atoms with E-state index in [0.29, 0.717) is 0 Å². The Hall–Kier alpha value is -1.33. The summed E-state index contributed by atoms with van der Waals surface area (Å²) >= 11 is 0. The molecule has 0 radical (unpaired) electrons. The summed E-state index contributed by atoms with van der Waals surface area (Å²) in [7, 11) is 0. The summed E-state index contributed by atoms with van der Waals surface area (Å²) < 4.78 is 0. The van der Waals surface area contributed by atoms with E-state index in [0.717, 1.165) is 42.6 Å². The zero-order chi connectivity index (χ0) is 11.5. The molecule has 16 heavy (non-hydrogen) atoms. The highest BCUT2D eigenvalue weighted by Crippen LogP contribution is 2.24. The molecule has 0 amide bonds. The Morgan fingerprint density at radius 1 is 1.25 bits per heavy atom. The van der Waals surface area contributed by atoms with Gasteiger partial charge in [0.05, 0.1) is 11.6 Å². The molecule has 0 aromatic heterocycles. The molecule has 1 fully saturated rings. The first kappa shape index (κ1) is 11.2. The molecule has 0 bridgehead atoms. The van der Waals surface area contributed by atoms with Crippen molar-refractivity contribution >= 4 is 0 Å². The monoisotopic (exact) mass is 214 g/mol. The Labute approximate surface area is 97.5 Å². The molecule has 1 heterocycles. The standard InChI is InChI=1S/C14H18N2/c1-11-8-16(9-12(11)2)10-14-6-4-3-5-13(14)7-15/h3-6,11-12H,8-10H2,1-2H3. The van der Waals surface area contributed by atoms with Crippen LogP contribution in [0.4, 0.5) is 0 Å². The van der Waals surface area contributed by atoms with E-state index in [1.54, 1.807) is 0 Å². The van der Waals surface area contributed by atoms with E-state index in [1.165, 1.54) is 0 Å². The number of nitriles is 1. The van der Waals surface area contributed by atoms with Crippen LogP contribution in [0.15, 0.2) is 24.3 Å². The van der Waals surface area contributed by atoms with Crippen LogP contribution in [0.2, 0.25) is 0 Å². The highest BCUT2D eigenvalue weighted by Gasteiger charge is 2.26.